The Kier molecular flexibility index (Phi) is 3.69. The predicted molar refractivity (Wildman–Crippen MR) is 70.1 cm³/mol. The molecule has 1 aliphatic rings. The smallest absolute Gasteiger partial charge is 0.263 e. The van der Waals surface area contributed by atoms with Gasteiger partial charge in [0, 0.05) is 13.0 Å². The highest BCUT2D eigenvalue weighted by atomic mass is 19.1. The first kappa shape index (κ1) is 13.7. The zero-order valence-electron chi connectivity index (χ0n) is 11.4. The highest BCUT2D eigenvalue weighted by Gasteiger charge is 2.36. The summed E-state index contributed by atoms with van der Waals surface area (Å²) in [7, 11) is 0. The van der Waals surface area contributed by atoms with Crippen LogP contribution in [0.25, 0.3) is 0 Å². The van der Waals surface area contributed by atoms with Crippen LogP contribution in [0.3, 0.4) is 0 Å². The van der Waals surface area contributed by atoms with E-state index in [1.165, 1.54) is 17.0 Å². The number of carbonyl (C=O) groups is 2. The Morgan fingerprint density at radius 3 is 2.68 bits per heavy atom. The van der Waals surface area contributed by atoms with Gasteiger partial charge in [0.05, 0.1) is 5.56 Å². The number of imide groups is 1. The molecular formula is C15H18FNO2. The van der Waals surface area contributed by atoms with Gasteiger partial charge in [-0.15, -0.1) is 0 Å². The van der Waals surface area contributed by atoms with E-state index in [0.717, 1.165) is 5.56 Å². The van der Waals surface area contributed by atoms with Gasteiger partial charge in [0.15, 0.2) is 0 Å². The molecule has 1 atom stereocenters. The highest BCUT2D eigenvalue weighted by molar-refractivity contribution is 6.05. The second-order valence-electron chi connectivity index (χ2n) is 5.50. The molecule has 0 aliphatic carbocycles. The number of carbonyl (C=O) groups excluding carboxylic acids is 2. The molecule has 0 N–H and O–H groups in total. The van der Waals surface area contributed by atoms with E-state index in [2.05, 4.69) is 0 Å². The number of hydrogen-bond donors (Lipinski definition) is 0. The fraction of sp³-hybridized carbons (Fsp3) is 0.467. The standard InChI is InChI=1S/C15H18FNO2/c1-9(2)11-7-14(18)17(8-11)15(19)12-6-10(3)4-5-13(12)16/h4-6,9,11H,7-8H2,1-3H3. The van der Waals surface area contributed by atoms with Crippen LogP contribution in [-0.4, -0.2) is 23.3 Å². The number of amides is 2. The van der Waals surface area contributed by atoms with Crippen molar-refractivity contribution in [3.63, 3.8) is 0 Å². The van der Waals surface area contributed by atoms with E-state index in [0.29, 0.717) is 18.9 Å². The first-order chi connectivity index (χ1) is 8.90. The minimum atomic E-state index is -0.573. The lowest BCUT2D eigenvalue weighted by Gasteiger charge is -2.17. The Morgan fingerprint density at radius 2 is 2.11 bits per heavy atom. The van der Waals surface area contributed by atoms with E-state index in [9.17, 15) is 14.0 Å². The average molecular weight is 263 g/mol. The van der Waals surface area contributed by atoms with Crippen molar-refractivity contribution in [2.45, 2.75) is 27.2 Å². The number of likely N-dealkylation sites (tertiary alicyclic amines) is 1. The third kappa shape index (κ3) is 2.67. The molecule has 0 bridgehead atoms. The Hall–Kier alpha value is -1.71. The van der Waals surface area contributed by atoms with Gasteiger partial charge >= 0.3 is 0 Å². The molecule has 2 rings (SSSR count). The molecule has 1 unspecified atom stereocenters. The molecule has 2 amide bonds. The predicted octanol–water partition coefficient (Wildman–Crippen LogP) is 2.78. The minimum Gasteiger partial charge on any atom is -0.278 e. The Labute approximate surface area is 112 Å². The summed E-state index contributed by atoms with van der Waals surface area (Å²) in [6.45, 7) is 6.24. The molecule has 0 radical (unpaired) electrons. The number of hydrogen-bond acceptors (Lipinski definition) is 2. The molecule has 4 heteroatoms. The summed E-state index contributed by atoms with van der Waals surface area (Å²) in [4.78, 5) is 25.3. The molecule has 102 valence electrons. The second kappa shape index (κ2) is 5.11. The van der Waals surface area contributed by atoms with Crippen molar-refractivity contribution >= 4 is 11.8 Å². The van der Waals surface area contributed by atoms with E-state index in [-0.39, 0.29) is 17.4 Å². The first-order valence-electron chi connectivity index (χ1n) is 6.51. The Bertz CT molecular complexity index is 525. The van der Waals surface area contributed by atoms with Crippen LogP contribution < -0.4 is 0 Å². The van der Waals surface area contributed by atoms with Gasteiger partial charge in [-0.2, -0.15) is 0 Å². The topological polar surface area (TPSA) is 37.4 Å². The van der Waals surface area contributed by atoms with Crippen LogP contribution in [0, 0.1) is 24.6 Å². The normalized spacial score (nSPS) is 19.3. The van der Waals surface area contributed by atoms with Crippen molar-refractivity contribution in [1.82, 2.24) is 4.90 Å². The Morgan fingerprint density at radius 1 is 1.42 bits per heavy atom. The average Bonchev–Trinajstić information content (AvgIpc) is 2.74. The number of rotatable bonds is 2. The van der Waals surface area contributed by atoms with Gasteiger partial charge in [-0.05, 0) is 30.9 Å². The van der Waals surface area contributed by atoms with Crippen molar-refractivity contribution in [1.29, 1.82) is 0 Å². The zero-order chi connectivity index (χ0) is 14.2. The molecule has 0 aromatic heterocycles. The third-order valence-corrected chi connectivity index (χ3v) is 3.70. The minimum absolute atomic E-state index is 0.0160. The number of nitrogens with zero attached hydrogens (tertiary/aromatic N) is 1. The fourth-order valence-corrected chi connectivity index (χ4v) is 2.33. The van der Waals surface area contributed by atoms with E-state index in [1.54, 1.807) is 13.0 Å². The monoisotopic (exact) mass is 263 g/mol. The lowest BCUT2D eigenvalue weighted by atomic mass is 9.95. The second-order valence-corrected chi connectivity index (χ2v) is 5.50. The number of aryl methyl sites for hydroxylation is 1. The van der Waals surface area contributed by atoms with Crippen molar-refractivity contribution in [2.75, 3.05) is 6.54 Å². The van der Waals surface area contributed by atoms with Gasteiger partial charge < -0.3 is 0 Å². The number of halogens is 1. The molecule has 3 nitrogen and oxygen atoms in total. The van der Waals surface area contributed by atoms with Gasteiger partial charge in [-0.1, -0.05) is 25.5 Å². The molecule has 0 saturated carbocycles. The van der Waals surface area contributed by atoms with E-state index >= 15 is 0 Å². The first-order valence-corrected chi connectivity index (χ1v) is 6.51. The van der Waals surface area contributed by atoms with Gasteiger partial charge in [-0.25, -0.2) is 4.39 Å². The number of benzene rings is 1. The molecule has 1 aliphatic heterocycles. The summed E-state index contributed by atoms with van der Waals surface area (Å²) >= 11 is 0. The lowest BCUT2D eigenvalue weighted by molar-refractivity contribution is -0.125. The summed E-state index contributed by atoms with van der Waals surface area (Å²) in [5.74, 6) is -0.788. The maximum absolute atomic E-state index is 13.7. The van der Waals surface area contributed by atoms with Crippen LogP contribution in [0.5, 0.6) is 0 Å². The van der Waals surface area contributed by atoms with Gasteiger partial charge in [-0.3, -0.25) is 14.5 Å². The summed E-state index contributed by atoms with van der Waals surface area (Å²) in [5, 5.41) is 0. The quantitative estimate of drug-likeness (QED) is 0.769. The van der Waals surface area contributed by atoms with Crippen LogP contribution in [-0.2, 0) is 4.79 Å². The summed E-state index contributed by atoms with van der Waals surface area (Å²) < 4.78 is 13.7. The molecule has 1 heterocycles. The van der Waals surface area contributed by atoms with Crippen LogP contribution in [0.2, 0.25) is 0 Å². The third-order valence-electron chi connectivity index (χ3n) is 3.70. The molecule has 0 spiro atoms. The lowest BCUT2D eigenvalue weighted by Crippen LogP contribution is -2.33. The van der Waals surface area contributed by atoms with Crippen molar-refractivity contribution in [3.8, 4) is 0 Å². The molecular weight excluding hydrogens is 245 g/mol. The fourth-order valence-electron chi connectivity index (χ4n) is 2.33. The molecule has 1 fully saturated rings. The van der Waals surface area contributed by atoms with Crippen molar-refractivity contribution < 1.29 is 14.0 Å². The maximum atomic E-state index is 13.7. The van der Waals surface area contributed by atoms with E-state index in [4.69, 9.17) is 0 Å². The maximum Gasteiger partial charge on any atom is 0.263 e. The summed E-state index contributed by atoms with van der Waals surface area (Å²) in [6.07, 6.45) is 0.372. The van der Waals surface area contributed by atoms with Crippen LogP contribution in [0.15, 0.2) is 18.2 Å². The van der Waals surface area contributed by atoms with Crippen LogP contribution >= 0.6 is 0 Å². The van der Waals surface area contributed by atoms with Gasteiger partial charge in [0.25, 0.3) is 5.91 Å². The van der Waals surface area contributed by atoms with Crippen molar-refractivity contribution in [3.05, 3.63) is 35.1 Å². The van der Waals surface area contributed by atoms with E-state index < -0.39 is 11.7 Å². The molecule has 1 aromatic carbocycles. The largest absolute Gasteiger partial charge is 0.278 e. The highest BCUT2D eigenvalue weighted by Crippen LogP contribution is 2.26. The Balaban J connectivity index is 2.25. The van der Waals surface area contributed by atoms with Gasteiger partial charge in [0.1, 0.15) is 5.82 Å². The van der Waals surface area contributed by atoms with Crippen LogP contribution in [0.1, 0.15) is 36.2 Å². The molecule has 1 aromatic rings. The van der Waals surface area contributed by atoms with E-state index in [1.807, 2.05) is 13.8 Å². The zero-order valence-corrected chi connectivity index (χ0v) is 11.4. The summed E-state index contributed by atoms with van der Waals surface area (Å²) in [5.41, 5.74) is 0.787. The van der Waals surface area contributed by atoms with Crippen LogP contribution in [0.4, 0.5) is 4.39 Å². The van der Waals surface area contributed by atoms with Crippen molar-refractivity contribution in [2.24, 2.45) is 11.8 Å². The summed E-state index contributed by atoms with van der Waals surface area (Å²) in [6, 6.07) is 4.37. The molecule has 19 heavy (non-hydrogen) atoms. The van der Waals surface area contributed by atoms with Gasteiger partial charge in [0.2, 0.25) is 5.91 Å². The SMILES string of the molecule is Cc1ccc(F)c(C(=O)N2CC(C(C)C)CC2=O)c1. The molecule has 1 saturated heterocycles.